The van der Waals surface area contributed by atoms with Gasteiger partial charge in [-0.2, -0.15) is 0 Å². The van der Waals surface area contributed by atoms with Gasteiger partial charge < -0.3 is 4.90 Å². The van der Waals surface area contributed by atoms with E-state index in [9.17, 15) is 0 Å². The van der Waals surface area contributed by atoms with Gasteiger partial charge in [-0.25, -0.2) is 0 Å². The van der Waals surface area contributed by atoms with Gasteiger partial charge in [0.05, 0.1) is 0 Å². The molecular formula is C12H17Cl2N. The summed E-state index contributed by atoms with van der Waals surface area (Å²) in [6, 6.07) is 8.04. The molecule has 1 aromatic carbocycles. The van der Waals surface area contributed by atoms with Gasteiger partial charge in [-0.3, -0.25) is 0 Å². The molecule has 0 radical (unpaired) electrons. The van der Waals surface area contributed by atoms with Crippen molar-refractivity contribution in [2.75, 3.05) is 26.0 Å². The lowest BCUT2D eigenvalue weighted by Crippen LogP contribution is -2.22. The van der Waals surface area contributed by atoms with Crippen molar-refractivity contribution in [1.82, 2.24) is 4.90 Å². The minimum Gasteiger partial charge on any atom is -0.306 e. The van der Waals surface area contributed by atoms with Crippen molar-refractivity contribution < 1.29 is 0 Å². The summed E-state index contributed by atoms with van der Waals surface area (Å²) in [5, 5.41) is 0.800. The van der Waals surface area contributed by atoms with E-state index in [2.05, 4.69) is 24.1 Å². The quantitative estimate of drug-likeness (QED) is 0.695. The molecule has 0 saturated heterocycles. The number of rotatable bonds is 6. The van der Waals surface area contributed by atoms with Crippen LogP contribution in [0.4, 0.5) is 0 Å². The van der Waals surface area contributed by atoms with Crippen LogP contribution in [-0.4, -0.2) is 30.9 Å². The van der Waals surface area contributed by atoms with Gasteiger partial charge in [-0.15, -0.1) is 11.6 Å². The number of nitrogens with zero attached hydrogens (tertiary/aromatic N) is 1. The molecule has 0 amide bonds. The van der Waals surface area contributed by atoms with E-state index in [0.29, 0.717) is 0 Å². The molecule has 0 spiro atoms. The van der Waals surface area contributed by atoms with E-state index in [1.807, 2.05) is 12.1 Å². The van der Waals surface area contributed by atoms with Crippen molar-refractivity contribution in [3.63, 3.8) is 0 Å². The fourth-order valence-electron chi connectivity index (χ4n) is 1.41. The first-order valence-corrected chi connectivity index (χ1v) is 6.12. The largest absolute Gasteiger partial charge is 0.306 e. The standard InChI is InChI=1S/C12H17Cl2N/c1-15(9-2-8-13)10-7-11-3-5-12(14)6-4-11/h3-6H,2,7-10H2,1H3. The Morgan fingerprint density at radius 2 is 1.80 bits per heavy atom. The Bertz CT molecular complexity index is 271. The van der Waals surface area contributed by atoms with Gasteiger partial charge in [-0.1, -0.05) is 23.7 Å². The minimum absolute atomic E-state index is 0.741. The van der Waals surface area contributed by atoms with E-state index in [1.54, 1.807) is 0 Å². The van der Waals surface area contributed by atoms with E-state index in [-0.39, 0.29) is 0 Å². The molecule has 0 aliphatic rings. The van der Waals surface area contributed by atoms with Crippen LogP contribution in [-0.2, 0) is 6.42 Å². The summed E-state index contributed by atoms with van der Waals surface area (Å²) in [6.07, 6.45) is 2.12. The highest BCUT2D eigenvalue weighted by atomic mass is 35.5. The summed E-state index contributed by atoms with van der Waals surface area (Å²) in [7, 11) is 2.13. The Balaban J connectivity index is 2.27. The summed E-state index contributed by atoms with van der Waals surface area (Å²) in [5.74, 6) is 0.741. The molecule has 0 aliphatic heterocycles. The molecule has 15 heavy (non-hydrogen) atoms. The number of halogens is 2. The maximum atomic E-state index is 5.82. The van der Waals surface area contributed by atoms with E-state index in [4.69, 9.17) is 23.2 Å². The Morgan fingerprint density at radius 3 is 2.40 bits per heavy atom. The van der Waals surface area contributed by atoms with Crippen LogP contribution in [0.2, 0.25) is 5.02 Å². The number of likely N-dealkylation sites (N-methyl/N-ethyl adjacent to an activating group) is 1. The SMILES string of the molecule is CN(CCCCl)CCc1ccc(Cl)cc1. The molecule has 0 fully saturated rings. The van der Waals surface area contributed by atoms with Crippen LogP contribution in [0.15, 0.2) is 24.3 Å². The monoisotopic (exact) mass is 245 g/mol. The molecule has 0 heterocycles. The van der Waals surface area contributed by atoms with Gasteiger partial charge in [-0.05, 0) is 44.1 Å². The van der Waals surface area contributed by atoms with Crippen molar-refractivity contribution in [2.24, 2.45) is 0 Å². The molecule has 0 atom stereocenters. The number of alkyl halides is 1. The average Bonchev–Trinajstić information content (AvgIpc) is 2.25. The smallest absolute Gasteiger partial charge is 0.0406 e. The van der Waals surface area contributed by atoms with Crippen LogP contribution in [0.25, 0.3) is 0 Å². The lowest BCUT2D eigenvalue weighted by Gasteiger charge is -2.15. The summed E-state index contributed by atoms with van der Waals surface area (Å²) >= 11 is 11.5. The van der Waals surface area contributed by atoms with E-state index < -0.39 is 0 Å². The van der Waals surface area contributed by atoms with Crippen molar-refractivity contribution >= 4 is 23.2 Å². The Hall–Kier alpha value is -0.240. The number of hydrogen-bond acceptors (Lipinski definition) is 1. The molecule has 1 rings (SSSR count). The number of benzene rings is 1. The second-order valence-corrected chi connectivity index (χ2v) is 4.54. The predicted molar refractivity (Wildman–Crippen MR) is 68.0 cm³/mol. The fourth-order valence-corrected chi connectivity index (χ4v) is 1.66. The fraction of sp³-hybridized carbons (Fsp3) is 0.500. The van der Waals surface area contributed by atoms with Gasteiger partial charge in [0, 0.05) is 17.4 Å². The molecule has 0 aromatic heterocycles. The highest BCUT2D eigenvalue weighted by Crippen LogP contribution is 2.10. The van der Waals surface area contributed by atoms with Gasteiger partial charge in [0.1, 0.15) is 0 Å². The van der Waals surface area contributed by atoms with Crippen LogP contribution in [0.5, 0.6) is 0 Å². The van der Waals surface area contributed by atoms with Crippen molar-refractivity contribution in [3.8, 4) is 0 Å². The highest BCUT2D eigenvalue weighted by molar-refractivity contribution is 6.30. The minimum atomic E-state index is 0.741. The van der Waals surface area contributed by atoms with E-state index in [0.717, 1.165) is 36.8 Å². The summed E-state index contributed by atoms with van der Waals surface area (Å²) < 4.78 is 0. The zero-order valence-corrected chi connectivity index (χ0v) is 10.6. The average molecular weight is 246 g/mol. The normalized spacial score (nSPS) is 10.9. The lowest BCUT2D eigenvalue weighted by atomic mass is 10.1. The molecule has 0 unspecified atom stereocenters. The first-order valence-electron chi connectivity index (χ1n) is 5.21. The molecule has 0 bridgehead atoms. The van der Waals surface area contributed by atoms with E-state index >= 15 is 0 Å². The van der Waals surface area contributed by atoms with Gasteiger partial charge in [0.2, 0.25) is 0 Å². The van der Waals surface area contributed by atoms with Crippen LogP contribution < -0.4 is 0 Å². The first-order chi connectivity index (χ1) is 7.22. The van der Waals surface area contributed by atoms with Crippen LogP contribution in [0.1, 0.15) is 12.0 Å². The molecule has 0 aliphatic carbocycles. The van der Waals surface area contributed by atoms with Crippen molar-refractivity contribution in [3.05, 3.63) is 34.9 Å². The van der Waals surface area contributed by atoms with E-state index in [1.165, 1.54) is 5.56 Å². The van der Waals surface area contributed by atoms with Crippen molar-refractivity contribution in [2.45, 2.75) is 12.8 Å². The van der Waals surface area contributed by atoms with Crippen LogP contribution >= 0.6 is 23.2 Å². The lowest BCUT2D eigenvalue weighted by molar-refractivity contribution is 0.340. The number of hydrogen-bond donors (Lipinski definition) is 0. The summed E-state index contributed by atoms with van der Waals surface area (Å²) in [5.41, 5.74) is 1.33. The molecule has 3 heteroatoms. The first kappa shape index (κ1) is 12.8. The zero-order valence-electron chi connectivity index (χ0n) is 9.05. The molecule has 1 nitrogen and oxygen atoms in total. The summed E-state index contributed by atoms with van der Waals surface area (Å²) in [4.78, 5) is 2.30. The Labute approximate surface area is 102 Å². The third kappa shape index (κ3) is 5.41. The molecule has 0 saturated carbocycles. The Kier molecular flexibility index (Phi) is 6.07. The summed E-state index contributed by atoms with van der Waals surface area (Å²) in [6.45, 7) is 2.13. The van der Waals surface area contributed by atoms with Crippen molar-refractivity contribution in [1.29, 1.82) is 0 Å². The second kappa shape index (κ2) is 7.10. The molecule has 1 aromatic rings. The van der Waals surface area contributed by atoms with Gasteiger partial charge in [0.15, 0.2) is 0 Å². The highest BCUT2D eigenvalue weighted by Gasteiger charge is 1.99. The third-order valence-corrected chi connectivity index (χ3v) is 2.89. The maximum absolute atomic E-state index is 5.82. The van der Waals surface area contributed by atoms with Crippen LogP contribution in [0, 0.1) is 0 Å². The predicted octanol–water partition coefficient (Wildman–Crippen LogP) is 3.44. The van der Waals surface area contributed by atoms with Gasteiger partial charge >= 0.3 is 0 Å². The molecule has 0 N–H and O–H groups in total. The second-order valence-electron chi connectivity index (χ2n) is 3.72. The van der Waals surface area contributed by atoms with Crippen LogP contribution in [0.3, 0.4) is 0 Å². The topological polar surface area (TPSA) is 3.24 Å². The maximum Gasteiger partial charge on any atom is 0.0406 e. The molecule has 84 valence electrons. The zero-order chi connectivity index (χ0) is 11.1. The third-order valence-electron chi connectivity index (χ3n) is 2.37. The Morgan fingerprint density at radius 1 is 1.13 bits per heavy atom. The van der Waals surface area contributed by atoms with Gasteiger partial charge in [0.25, 0.3) is 0 Å². The molecular weight excluding hydrogens is 229 g/mol.